The highest BCUT2D eigenvalue weighted by atomic mass is 32.2. The predicted octanol–water partition coefficient (Wildman–Crippen LogP) is 5.40. The summed E-state index contributed by atoms with van der Waals surface area (Å²) in [6.07, 6.45) is 2.00. The molecule has 1 saturated heterocycles. The van der Waals surface area contributed by atoms with E-state index < -0.39 is 17.8 Å². The molecule has 2 aromatic carbocycles. The lowest BCUT2D eigenvalue weighted by molar-refractivity contribution is -0.197. The van der Waals surface area contributed by atoms with Crippen molar-refractivity contribution in [2.45, 2.75) is 54.7 Å². The molecular weight excluding hydrogens is 482 g/mol. The molecule has 2 amide bonds. The Morgan fingerprint density at radius 1 is 1.14 bits per heavy atom. The second-order valence-electron chi connectivity index (χ2n) is 8.62. The summed E-state index contributed by atoms with van der Waals surface area (Å²) in [6.45, 7) is 2.14. The molecule has 182 valence electrons. The highest BCUT2D eigenvalue weighted by Gasteiger charge is 2.34. The highest BCUT2D eigenvalue weighted by molar-refractivity contribution is 8.16. The molecule has 0 spiro atoms. The van der Waals surface area contributed by atoms with Crippen LogP contribution in [0.2, 0.25) is 0 Å². The van der Waals surface area contributed by atoms with E-state index in [1.807, 2.05) is 18.2 Å². The van der Waals surface area contributed by atoms with Gasteiger partial charge in [0.05, 0.1) is 28.4 Å². The average molecular weight is 510 g/mol. The zero-order chi connectivity index (χ0) is 24.5. The molecule has 2 aliphatic rings. The lowest BCUT2D eigenvalue weighted by Crippen LogP contribution is -2.32. The van der Waals surface area contributed by atoms with Crippen LogP contribution in [-0.2, 0) is 19.2 Å². The number of benzene rings is 2. The van der Waals surface area contributed by atoms with E-state index >= 15 is 0 Å². The van der Waals surface area contributed by atoms with Gasteiger partial charge in [-0.3, -0.25) is 9.59 Å². The number of nitrogens with zero attached hydrogens (tertiary/aromatic N) is 2. The summed E-state index contributed by atoms with van der Waals surface area (Å²) in [7, 11) is 0. The molecule has 1 aromatic heterocycles. The molecule has 2 unspecified atom stereocenters. The van der Waals surface area contributed by atoms with Crippen LogP contribution in [-0.4, -0.2) is 33.2 Å². The standard InChI is InChI=1S/C26H27N3O4S2/c1-2-7-20(27)28-18-10-5-3-8-16(18)24-25(28)17-9-4-6-11-19(17)35-26(24)34-15-14-23(32)33-29-21(30)12-13-22(29)31/h3-6,8-11,20,26H,2,7,12-15,27H2,1H3. The molecule has 0 bridgehead atoms. The molecule has 2 atom stereocenters. The number of hydrogen-bond acceptors (Lipinski definition) is 7. The van der Waals surface area contributed by atoms with Crippen molar-refractivity contribution in [2.24, 2.45) is 5.73 Å². The van der Waals surface area contributed by atoms with Crippen LogP contribution in [0.5, 0.6) is 0 Å². The van der Waals surface area contributed by atoms with E-state index in [0.29, 0.717) is 10.8 Å². The zero-order valence-corrected chi connectivity index (χ0v) is 21.1. The van der Waals surface area contributed by atoms with E-state index in [1.165, 1.54) is 21.4 Å². The number of aromatic nitrogens is 1. The quantitative estimate of drug-likeness (QED) is 0.406. The van der Waals surface area contributed by atoms with E-state index in [-0.39, 0.29) is 30.0 Å². The van der Waals surface area contributed by atoms with Crippen molar-refractivity contribution in [1.29, 1.82) is 0 Å². The van der Waals surface area contributed by atoms with Gasteiger partial charge in [0.2, 0.25) is 0 Å². The van der Waals surface area contributed by atoms with Gasteiger partial charge in [-0.1, -0.05) is 49.7 Å². The largest absolute Gasteiger partial charge is 0.334 e. The Balaban J connectivity index is 1.43. The maximum Gasteiger partial charge on any atom is 0.334 e. The van der Waals surface area contributed by atoms with E-state index in [1.54, 1.807) is 23.5 Å². The molecule has 7 nitrogen and oxygen atoms in total. The number of carbonyl (C=O) groups is 3. The summed E-state index contributed by atoms with van der Waals surface area (Å²) in [5.74, 6) is -1.00. The van der Waals surface area contributed by atoms with Gasteiger partial charge in [-0.2, -0.15) is 0 Å². The second kappa shape index (κ2) is 10.1. The number of carbonyl (C=O) groups excluding carboxylic acids is 3. The SMILES string of the molecule is CCCC(N)n1c2c(c3ccccc31)C(SCCC(=O)ON1C(=O)CCC1=O)Sc1ccccc1-2. The minimum Gasteiger partial charge on any atom is -0.330 e. The first-order chi connectivity index (χ1) is 17.0. The van der Waals surface area contributed by atoms with Crippen LogP contribution < -0.4 is 5.73 Å². The molecule has 0 aliphatic carbocycles. The Bertz CT molecular complexity index is 1290. The second-order valence-corrected chi connectivity index (χ2v) is 11.3. The first kappa shape index (κ1) is 24.0. The Hall–Kier alpha value is -2.75. The highest BCUT2D eigenvalue weighted by Crippen LogP contribution is 2.57. The maximum atomic E-state index is 12.3. The monoisotopic (exact) mass is 509 g/mol. The first-order valence-electron chi connectivity index (χ1n) is 11.8. The number of amides is 2. The number of hydrogen-bond donors (Lipinski definition) is 1. The summed E-state index contributed by atoms with van der Waals surface area (Å²) in [5.41, 5.74) is 11.4. The van der Waals surface area contributed by atoms with Gasteiger partial charge in [-0.15, -0.1) is 28.6 Å². The number of rotatable bonds is 8. The van der Waals surface area contributed by atoms with Gasteiger partial charge >= 0.3 is 5.97 Å². The van der Waals surface area contributed by atoms with Gasteiger partial charge in [-0.25, -0.2) is 4.79 Å². The Labute approximate surface area is 212 Å². The van der Waals surface area contributed by atoms with Gasteiger partial charge in [0.15, 0.2) is 0 Å². The van der Waals surface area contributed by atoms with E-state index in [9.17, 15) is 14.4 Å². The number of hydroxylamine groups is 2. The smallest absolute Gasteiger partial charge is 0.330 e. The minimum absolute atomic E-state index is 0.0581. The molecule has 5 rings (SSSR count). The fourth-order valence-electron chi connectivity index (χ4n) is 4.68. The first-order valence-corrected chi connectivity index (χ1v) is 13.7. The summed E-state index contributed by atoms with van der Waals surface area (Å²) in [5, 5.41) is 1.78. The third-order valence-corrected chi connectivity index (χ3v) is 8.99. The number of fused-ring (bicyclic) bond motifs is 5. The molecule has 0 radical (unpaired) electrons. The number of nitrogens with two attached hydrogens (primary N) is 1. The van der Waals surface area contributed by atoms with Crippen LogP contribution in [0, 0.1) is 0 Å². The molecule has 2 aliphatic heterocycles. The fourth-order valence-corrected chi connectivity index (χ4v) is 7.49. The lowest BCUT2D eigenvalue weighted by Gasteiger charge is -2.27. The third kappa shape index (κ3) is 4.48. The van der Waals surface area contributed by atoms with Crippen LogP contribution in [0.4, 0.5) is 0 Å². The average Bonchev–Trinajstić information content (AvgIpc) is 3.37. The van der Waals surface area contributed by atoms with Crippen molar-refractivity contribution in [1.82, 2.24) is 9.63 Å². The molecule has 35 heavy (non-hydrogen) atoms. The normalized spacial score (nSPS) is 18.0. The van der Waals surface area contributed by atoms with Gasteiger partial charge in [0.25, 0.3) is 11.8 Å². The van der Waals surface area contributed by atoms with Gasteiger partial charge in [0.1, 0.15) is 0 Å². The summed E-state index contributed by atoms with van der Waals surface area (Å²) in [6, 6.07) is 16.7. The van der Waals surface area contributed by atoms with Gasteiger partial charge in [-0.05, 0) is 18.6 Å². The van der Waals surface area contributed by atoms with Crippen molar-refractivity contribution in [3.63, 3.8) is 0 Å². The van der Waals surface area contributed by atoms with Crippen molar-refractivity contribution < 1.29 is 19.2 Å². The molecular formula is C26H27N3O4S2. The molecule has 3 aromatic rings. The summed E-state index contributed by atoms with van der Waals surface area (Å²) < 4.78 is 2.34. The Morgan fingerprint density at radius 3 is 2.63 bits per heavy atom. The van der Waals surface area contributed by atoms with E-state index in [4.69, 9.17) is 10.6 Å². The molecule has 1 fully saturated rings. The fraction of sp³-hybridized carbons (Fsp3) is 0.346. The van der Waals surface area contributed by atoms with Crippen LogP contribution in [0.1, 0.15) is 55.3 Å². The van der Waals surface area contributed by atoms with Gasteiger partial charge < -0.3 is 15.1 Å². The van der Waals surface area contributed by atoms with Crippen molar-refractivity contribution in [3.05, 3.63) is 54.1 Å². The number of imide groups is 1. The predicted molar refractivity (Wildman–Crippen MR) is 138 cm³/mol. The summed E-state index contributed by atoms with van der Waals surface area (Å²) >= 11 is 3.44. The van der Waals surface area contributed by atoms with Gasteiger partial charge in [0, 0.05) is 40.0 Å². The number of para-hydroxylation sites is 1. The van der Waals surface area contributed by atoms with E-state index in [0.717, 1.165) is 24.1 Å². The molecule has 2 N–H and O–H groups in total. The third-order valence-electron chi connectivity index (χ3n) is 6.25. The maximum absolute atomic E-state index is 12.3. The van der Waals surface area contributed by atoms with E-state index in [2.05, 4.69) is 41.8 Å². The van der Waals surface area contributed by atoms with Crippen LogP contribution in [0.25, 0.3) is 22.2 Å². The van der Waals surface area contributed by atoms with Crippen LogP contribution >= 0.6 is 23.5 Å². The van der Waals surface area contributed by atoms with Crippen molar-refractivity contribution in [3.8, 4) is 11.3 Å². The van der Waals surface area contributed by atoms with Crippen molar-refractivity contribution in [2.75, 3.05) is 5.75 Å². The number of thioether (sulfide) groups is 2. The zero-order valence-electron chi connectivity index (χ0n) is 19.4. The van der Waals surface area contributed by atoms with Crippen LogP contribution in [0.15, 0.2) is 53.4 Å². The molecule has 0 saturated carbocycles. The molecule has 9 heteroatoms. The topological polar surface area (TPSA) is 94.6 Å². The van der Waals surface area contributed by atoms with Crippen molar-refractivity contribution >= 4 is 52.2 Å². The Morgan fingerprint density at radius 2 is 1.86 bits per heavy atom. The van der Waals surface area contributed by atoms with Crippen LogP contribution in [0.3, 0.4) is 0 Å². The lowest BCUT2D eigenvalue weighted by atomic mass is 10.1. The molecule has 3 heterocycles. The summed E-state index contributed by atoms with van der Waals surface area (Å²) in [4.78, 5) is 42.0. The Kier molecular flexibility index (Phi) is 6.91. The minimum atomic E-state index is -0.574.